The van der Waals surface area contributed by atoms with Gasteiger partial charge in [-0.15, -0.1) is 0 Å². The first kappa shape index (κ1) is 17.6. The Morgan fingerprint density at radius 1 is 1.35 bits per heavy atom. The molecule has 1 aromatic carbocycles. The number of benzene rings is 1. The summed E-state index contributed by atoms with van der Waals surface area (Å²) >= 11 is 6.07. The summed E-state index contributed by atoms with van der Waals surface area (Å²) in [5.41, 5.74) is 5.16. The lowest BCUT2D eigenvalue weighted by Gasteiger charge is -2.14. The fourth-order valence-corrected chi connectivity index (χ4v) is 2.74. The van der Waals surface area contributed by atoms with Crippen molar-refractivity contribution in [1.82, 2.24) is 19.9 Å². The van der Waals surface area contributed by atoms with Crippen molar-refractivity contribution in [3.8, 4) is 5.69 Å². The molecule has 3 aromatic rings. The van der Waals surface area contributed by atoms with Crippen molar-refractivity contribution in [1.29, 1.82) is 0 Å². The smallest absolute Gasteiger partial charge is 0.404 e. The lowest BCUT2D eigenvalue weighted by molar-refractivity contribution is 0.194. The van der Waals surface area contributed by atoms with Crippen molar-refractivity contribution < 1.29 is 14.3 Å². The molecule has 0 atom stereocenters. The molecule has 26 heavy (non-hydrogen) atoms. The van der Waals surface area contributed by atoms with Crippen LogP contribution in [0.2, 0.25) is 5.02 Å². The number of aromatic nitrogens is 3. The van der Waals surface area contributed by atoms with Crippen LogP contribution in [0.25, 0.3) is 16.6 Å². The molecule has 0 spiro atoms. The van der Waals surface area contributed by atoms with Crippen LogP contribution in [-0.4, -0.2) is 32.3 Å². The molecule has 8 nitrogen and oxygen atoms in total. The van der Waals surface area contributed by atoms with Gasteiger partial charge >= 0.3 is 6.09 Å². The van der Waals surface area contributed by atoms with Crippen LogP contribution in [0, 0.1) is 5.82 Å². The second-order valence-electron chi connectivity index (χ2n) is 5.34. The minimum atomic E-state index is -1.22. The summed E-state index contributed by atoms with van der Waals surface area (Å²) in [6.45, 7) is -0.0160. The average molecular weight is 378 g/mol. The molecule has 0 aliphatic heterocycles. The van der Waals surface area contributed by atoms with Crippen molar-refractivity contribution in [2.75, 3.05) is 12.3 Å². The van der Waals surface area contributed by atoms with Gasteiger partial charge in [-0.1, -0.05) is 11.6 Å². The van der Waals surface area contributed by atoms with Crippen molar-refractivity contribution in [3.63, 3.8) is 0 Å². The number of anilines is 1. The number of pyridine rings is 1. The molecule has 0 aliphatic rings. The van der Waals surface area contributed by atoms with Gasteiger partial charge in [0, 0.05) is 13.0 Å². The molecule has 0 saturated carbocycles. The first-order valence-corrected chi connectivity index (χ1v) is 7.84. The Labute approximate surface area is 151 Å². The number of nitrogens with zero attached hydrogens (tertiary/aromatic N) is 3. The van der Waals surface area contributed by atoms with Crippen LogP contribution in [0.4, 0.5) is 15.0 Å². The molecule has 2 aromatic heterocycles. The van der Waals surface area contributed by atoms with Gasteiger partial charge < -0.3 is 16.2 Å². The molecular weight excluding hydrogens is 365 g/mol. The van der Waals surface area contributed by atoms with Gasteiger partial charge in [-0.05, 0) is 24.3 Å². The summed E-state index contributed by atoms with van der Waals surface area (Å²) in [7, 11) is 0. The number of fused-ring (bicyclic) bond motifs is 1. The van der Waals surface area contributed by atoms with Crippen LogP contribution < -0.4 is 16.6 Å². The van der Waals surface area contributed by atoms with E-state index in [9.17, 15) is 14.0 Å². The normalized spacial score (nSPS) is 10.8. The summed E-state index contributed by atoms with van der Waals surface area (Å²) in [4.78, 5) is 31.8. The van der Waals surface area contributed by atoms with E-state index in [0.29, 0.717) is 5.69 Å². The third kappa shape index (κ3) is 3.29. The Morgan fingerprint density at radius 2 is 2.12 bits per heavy atom. The number of nitrogens with one attached hydrogen (secondary N) is 1. The molecule has 3 rings (SSSR count). The fraction of sp³-hybridized carbons (Fsp3) is 0.125. The third-order valence-corrected chi connectivity index (χ3v) is 3.96. The largest absolute Gasteiger partial charge is 0.465 e. The number of halogens is 2. The molecule has 2 heterocycles. The maximum atomic E-state index is 14.2. The van der Waals surface area contributed by atoms with Gasteiger partial charge in [0.1, 0.15) is 23.0 Å². The number of nitrogen functional groups attached to an aromatic ring is 1. The van der Waals surface area contributed by atoms with Gasteiger partial charge in [0.05, 0.1) is 22.3 Å². The first-order valence-electron chi connectivity index (χ1n) is 7.47. The Morgan fingerprint density at radius 3 is 2.77 bits per heavy atom. The van der Waals surface area contributed by atoms with E-state index in [0.717, 1.165) is 6.07 Å². The van der Waals surface area contributed by atoms with Crippen LogP contribution >= 0.6 is 11.6 Å². The predicted octanol–water partition coefficient (Wildman–Crippen LogP) is 1.97. The highest BCUT2D eigenvalue weighted by Crippen LogP contribution is 2.23. The number of hydrogen-bond donors (Lipinski definition) is 3. The first-order chi connectivity index (χ1) is 12.4. The zero-order chi connectivity index (χ0) is 18.8. The fourth-order valence-electron chi connectivity index (χ4n) is 2.51. The van der Waals surface area contributed by atoms with Gasteiger partial charge in [0.25, 0.3) is 5.56 Å². The van der Waals surface area contributed by atoms with Crippen molar-refractivity contribution in [2.45, 2.75) is 6.42 Å². The summed E-state index contributed by atoms with van der Waals surface area (Å²) in [6.07, 6.45) is 0.197. The summed E-state index contributed by atoms with van der Waals surface area (Å²) in [5, 5.41) is 10.9. The SMILES string of the molecule is Nc1ccc(-n2c(CCNC(=O)O)nc3c(F)ccc(Cl)c3c2=O)cn1. The van der Waals surface area contributed by atoms with Crippen LogP contribution in [0.3, 0.4) is 0 Å². The number of rotatable bonds is 4. The Hall–Kier alpha value is -3.20. The highest BCUT2D eigenvalue weighted by Gasteiger charge is 2.18. The molecule has 0 unspecified atom stereocenters. The minimum absolute atomic E-state index is 0.0160. The van der Waals surface area contributed by atoms with Gasteiger partial charge in [-0.25, -0.2) is 19.2 Å². The van der Waals surface area contributed by atoms with Crippen molar-refractivity contribution in [2.24, 2.45) is 0 Å². The molecule has 1 amide bonds. The zero-order valence-electron chi connectivity index (χ0n) is 13.2. The number of hydrogen-bond acceptors (Lipinski definition) is 5. The second-order valence-corrected chi connectivity index (χ2v) is 5.75. The molecular formula is C16H13ClFN5O3. The Balaban J connectivity index is 2.26. The average Bonchev–Trinajstić information content (AvgIpc) is 2.59. The monoisotopic (exact) mass is 377 g/mol. The van der Waals surface area contributed by atoms with E-state index in [1.54, 1.807) is 6.07 Å². The molecule has 0 radical (unpaired) electrons. The Bertz CT molecular complexity index is 1050. The van der Waals surface area contributed by atoms with Gasteiger partial charge in [0.15, 0.2) is 0 Å². The van der Waals surface area contributed by atoms with E-state index in [2.05, 4.69) is 15.3 Å². The lowest BCUT2D eigenvalue weighted by atomic mass is 10.2. The van der Waals surface area contributed by atoms with E-state index in [1.807, 2.05) is 0 Å². The van der Waals surface area contributed by atoms with Crippen molar-refractivity contribution >= 4 is 34.4 Å². The zero-order valence-corrected chi connectivity index (χ0v) is 14.0. The van der Waals surface area contributed by atoms with E-state index < -0.39 is 17.5 Å². The van der Waals surface area contributed by atoms with E-state index in [-0.39, 0.29) is 40.5 Å². The standard InChI is InChI=1S/C16H13ClFN5O3/c17-9-2-3-10(18)14-13(9)15(24)23(8-1-4-11(19)21-7-8)12(22-14)5-6-20-16(25)26/h1-4,7,20H,5-6H2,(H2,19,21)(H,25,26). The minimum Gasteiger partial charge on any atom is -0.465 e. The lowest BCUT2D eigenvalue weighted by Crippen LogP contribution is -2.29. The van der Waals surface area contributed by atoms with Crippen LogP contribution in [-0.2, 0) is 6.42 Å². The van der Waals surface area contributed by atoms with Crippen molar-refractivity contribution in [3.05, 3.63) is 57.5 Å². The molecule has 0 bridgehead atoms. The summed E-state index contributed by atoms with van der Waals surface area (Å²) in [5.74, 6) is -0.283. The second kappa shape index (κ2) is 6.96. The molecule has 0 fully saturated rings. The molecule has 0 aliphatic carbocycles. The van der Waals surface area contributed by atoms with E-state index in [1.165, 1.54) is 22.9 Å². The van der Waals surface area contributed by atoms with E-state index >= 15 is 0 Å². The number of carbonyl (C=O) groups is 1. The quantitative estimate of drug-likeness (QED) is 0.638. The predicted molar refractivity (Wildman–Crippen MR) is 94.2 cm³/mol. The molecule has 0 saturated heterocycles. The topological polar surface area (TPSA) is 123 Å². The number of carboxylic acid groups (broad SMARTS) is 1. The number of amides is 1. The van der Waals surface area contributed by atoms with Gasteiger partial charge in [0.2, 0.25) is 0 Å². The molecule has 10 heteroatoms. The summed E-state index contributed by atoms with van der Waals surface area (Å²) < 4.78 is 15.4. The van der Waals surface area contributed by atoms with Crippen LogP contribution in [0.15, 0.2) is 35.3 Å². The summed E-state index contributed by atoms with van der Waals surface area (Å²) in [6, 6.07) is 5.45. The van der Waals surface area contributed by atoms with Gasteiger partial charge in [-0.3, -0.25) is 9.36 Å². The maximum Gasteiger partial charge on any atom is 0.404 e. The highest BCUT2D eigenvalue weighted by atomic mass is 35.5. The highest BCUT2D eigenvalue weighted by molar-refractivity contribution is 6.35. The number of nitrogens with two attached hydrogens (primary N) is 1. The molecule has 134 valence electrons. The molecule has 4 N–H and O–H groups in total. The van der Waals surface area contributed by atoms with Crippen LogP contribution in [0.5, 0.6) is 0 Å². The maximum absolute atomic E-state index is 14.2. The Kier molecular flexibility index (Phi) is 4.72. The third-order valence-electron chi connectivity index (χ3n) is 3.65. The van der Waals surface area contributed by atoms with E-state index in [4.69, 9.17) is 22.4 Å². The van der Waals surface area contributed by atoms with Gasteiger partial charge in [-0.2, -0.15) is 0 Å². The van der Waals surface area contributed by atoms with Crippen LogP contribution in [0.1, 0.15) is 5.82 Å².